The van der Waals surface area contributed by atoms with Gasteiger partial charge in [0.1, 0.15) is 53.7 Å². The highest BCUT2D eigenvalue weighted by Gasteiger charge is 2.71. The van der Waals surface area contributed by atoms with Crippen molar-refractivity contribution in [3.63, 3.8) is 0 Å². The summed E-state index contributed by atoms with van der Waals surface area (Å²) < 4.78 is 67.8. The van der Waals surface area contributed by atoms with E-state index in [1.54, 1.807) is 0 Å². The maximum Gasteiger partial charge on any atom is 0.347 e. The molecule has 170 valence electrons. The number of likely N-dealkylation sites (N-methyl/N-ethyl adjacent to an activating group) is 1. The summed E-state index contributed by atoms with van der Waals surface area (Å²) in [6.45, 7) is 0. The van der Waals surface area contributed by atoms with Gasteiger partial charge in [-0.25, -0.2) is 22.4 Å². The summed E-state index contributed by atoms with van der Waals surface area (Å²) in [7, 11) is 4.18. The molecule has 3 fully saturated rings. The van der Waals surface area contributed by atoms with E-state index in [-0.39, 0.29) is 24.3 Å². The van der Waals surface area contributed by atoms with Crippen LogP contribution in [0, 0.1) is 23.3 Å². The van der Waals surface area contributed by atoms with Gasteiger partial charge in [0, 0.05) is 36.1 Å². The van der Waals surface area contributed by atoms with Gasteiger partial charge in [0.25, 0.3) is 0 Å². The van der Waals surface area contributed by atoms with E-state index in [1.807, 2.05) is 0 Å². The van der Waals surface area contributed by atoms with Crippen molar-refractivity contribution in [2.45, 2.75) is 48.8 Å². The van der Waals surface area contributed by atoms with Crippen molar-refractivity contribution in [2.24, 2.45) is 0 Å². The van der Waals surface area contributed by atoms with E-state index in [0.29, 0.717) is 25.0 Å². The lowest BCUT2D eigenvalue weighted by atomic mass is 9.85. The Morgan fingerprint density at radius 1 is 0.906 bits per heavy atom. The highest BCUT2D eigenvalue weighted by atomic mass is 19.1. The Morgan fingerprint density at radius 2 is 1.31 bits per heavy atom. The fourth-order valence-corrected chi connectivity index (χ4v) is 5.47. The van der Waals surface area contributed by atoms with Crippen molar-refractivity contribution in [1.29, 1.82) is 0 Å². The highest BCUT2D eigenvalue weighted by molar-refractivity contribution is 5.85. The molecule has 3 unspecified atom stereocenters. The molecule has 3 saturated heterocycles. The van der Waals surface area contributed by atoms with Gasteiger partial charge in [-0.2, -0.15) is 0 Å². The monoisotopic (exact) mass is 452 g/mol. The normalized spacial score (nSPS) is 30.0. The first-order valence-corrected chi connectivity index (χ1v) is 10.4. The van der Waals surface area contributed by atoms with Crippen LogP contribution in [0.5, 0.6) is 0 Å². The van der Waals surface area contributed by atoms with Gasteiger partial charge in [-0.05, 0) is 24.3 Å². The van der Waals surface area contributed by atoms with E-state index in [1.165, 1.54) is 0 Å². The minimum Gasteiger partial charge on any atom is -0.459 e. The zero-order chi connectivity index (χ0) is 23.0. The minimum atomic E-state index is -2.81. The van der Waals surface area contributed by atoms with Crippen LogP contribution in [0.3, 0.4) is 0 Å². The second kappa shape index (κ2) is 7.00. The zero-order valence-corrected chi connectivity index (χ0v) is 17.4. The second-order valence-electron chi connectivity index (χ2n) is 9.35. The van der Waals surface area contributed by atoms with Crippen LogP contribution in [0.15, 0.2) is 36.4 Å². The maximum atomic E-state index is 13.9. The highest BCUT2D eigenvalue weighted by Crippen LogP contribution is 2.52. The van der Waals surface area contributed by atoms with E-state index in [2.05, 4.69) is 14.1 Å². The summed E-state index contributed by atoms with van der Waals surface area (Å²) in [4.78, 5) is 13.3. The number of piperidine rings is 1. The summed E-state index contributed by atoms with van der Waals surface area (Å²) in [5, 5.41) is 11.4. The van der Waals surface area contributed by atoms with Crippen LogP contribution in [0.25, 0.3) is 0 Å². The molecule has 0 spiro atoms. The number of rotatable bonds is 4. The maximum absolute atomic E-state index is 13.9. The molecular weight excluding hydrogens is 430 g/mol. The largest absolute Gasteiger partial charge is 0.459 e. The average Bonchev–Trinajstić information content (AvgIpc) is 3.44. The summed E-state index contributed by atoms with van der Waals surface area (Å²) in [6.07, 6.45) is 0.547. The molecule has 2 aromatic rings. The first-order chi connectivity index (χ1) is 15.0. The molecule has 0 aromatic heterocycles. The van der Waals surface area contributed by atoms with Crippen molar-refractivity contribution in [3.05, 3.63) is 70.8 Å². The zero-order valence-electron chi connectivity index (χ0n) is 17.4. The molecule has 0 amide bonds. The molecule has 3 aliphatic heterocycles. The van der Waals surface area contributed by atoms with Gasteiger partial charge in [-0.1, -0.05) is 0 Å². The molecule has 1 N–H and O–H groups in total. The van der Waals surface area contributed by atoms with Crippen LogP contribution >= 0.6 is 0 Å². The van der Waals surface area contributed by atoms with Crippen LogP contribution in [0.2, 0.25) is 0 Å². The fraction of sp³-hybridized carbons (Fsp3) is 0.435. The predicted molar refractivity (Wildman–Crippen MR) is 103 cm³/mol. The topological polar surface area (TPSA) is 59.1 Å². The first-order valence-electron chi connectivity index (χ1n) is 10.4. The predicted octanol–water partition coefficient (Wildman–Crippen LogP) is 2.78. The Morgan fingerprint density at radius 3 is 1.72 bits per heavy atom. The standard InChI is InChI=1S/C23H22F4NO4/c1-28(2)18-9-17(10-19(28)21-20(18)32-21)31-22(29)23(30,11-3-13(24)7-14(25)4-11)12-5-15(26)8-16(27)6-12/h3-8,17-21,30H,9-10H2,1-2H3/q+1/t17?,18-,19?,20+,21?/m0/s1. The van der Waals surface area contributed by atoms with E-state index in [4.69, 9.17) is 9.47 Å². The number of ether oxygens (including phenoxy) is 2. The fourth-order valence-electron chi connectivity index (χ4n) is 5.47. The molecule has 32 heavy (non-hydrogen) atoms. The summed E-state index contributed by atoms with van der Waals surface area (Å²) in [6, 6.07) is 4.27. The van der Waals surface area contributed by atoms with Crippen LogP contribution < -0.4 is 0 Å². The number of quaternary nitrogens is 1. The van der Waals surface area contributed by atoms with E-state index in [0.717, 1.165) is 28.7 Å². The number of morpholine rings is 1. The number of esters is 1. The number of nitrogens with zero attached hydrogens (tertiary/aromatic N) is 1. The van der Waals surface area contributed by atoms with Crippen LogP contribution in [0.1, 0.15) is 24.0 Å². The van der Waals surface area contributed by atoms with E-state index < -0.39 is 52.1 Å². The number of epoxide rings is 1. The van der Waals surface area contributed by atoms with Gasteiger partial charge in [0.15, 0.2) is 0 Å². The Balaban J connectivity index is 1.50. The third kappa shape index (κ3) is 3.22. The van der Waals surface area contributed by atoms with Crippen LogP contribution in [-0.4, -0.2) is 60.0 Å². The molecule has 5 nitrogen and oxygen atoms in total. The lowest BCUT2D eigenvalue weighted by Gasteiger charge is -2.45. The smallest absolute Gasteiger partial charge is 0.347 e. The van der Waals surface area contributed by atoms with E-state index in [9.17, 15) is 27.5 Å². The number of carbonyl (C=O) groups is 1. The van der Waals surface area contributed by atoms with Crippen molar-refractivity contribution in [1.82, 2.24) is 0 Å². The Hall–Kier alpha value is -2.49. The molecule has 5 rings (SSSR count). The summed E-state index contributed by atoms with van der Waals surface area (Å²) >= 11 is 0. The molecule has 2 aromatic carbocycles. The van der Waals surface area contributed by atoms with Gasteiger partial charge in [0.2, 0.25) is 5.60 Å². The SMILES string of the molecule is C[N+]1(C)C2CC(OC(=O)C(O)(c3cc(F)cc(F)c3)c3cc(F)cc(F)c3)C[C@H]1[C@H]1OC21. The molecule has 3 aliphatic rings. The lowest BCUT2D eigenvalue weighted by Crippen LogP contribution is -2.60. The van der Waals surface area contributed by atoms with Gasteiger partial charge >= 0.3 is 5.97 Å². The van der Waals surface area contributed by atoms with Gasteiger partial charge < -0.3 is 19.1 Å². The third-order valence-corrected chi connectivity index (χ3v) is 7.17. The molecule has 0 radical (unpaired) electrons. The number of halogens is 4. The van der Waals surface area contributed by atoms with Crippen LogP contribution in [-0.2, 0) is 19.9 Å². The third-order valence-electron chi connectivity index (χ3n) is 7.17. The quantitative estimate of drug-likeness (QED) is 0.336. The number of aliphatic hydroxyl groups is 1. The average molecular weight is 452 g/mol. The number of fused-ring (bicyclic) bond motifs is 5. The number of benzene rings is 2. The number of hydrogen-bond acceptors (Lipinski definition) is 4. The molecule has 2 bridgehead atoms. The molecule has 0 saturated carbocycles. The van der Waals surface area contributed by atoms with Gasteiger partial charge in [-0.15, -0.1) is 0 Å². The Kier molecular flexibility index (Phi) is 4.67. The molecular formula is C23H22F4NO4+. The van der Waals surface area contributed by atoms with E-state index >= 15 is 0 Å². The minimum absolute atomic E-state index is 0.0900. The first kappa shape index (κ1) is 21.4. The van der Waals surface area contributed by atoms with Crippen molar-refractivity contribution >= 4 is 5.97 Å². The molecule has 9 heteroatoms. The van der Waals surface area contributed by atoms with Gasteiger partial charge in [-0.3, -0.25) is 0 Å². The number of hydrogen-bond donors (Lipinski definition) is 1. The molecule has 5 atom stereocenters. The molecule has 0 aliphatic carbocycles. The Labute approximate surface area is 181 Å². The van der Waals surface area contributed by atoms with Crippen molar-refractivity contribution in [2.75, 3.05) is 14.1 Å². The second-order valence-corrected chi connectivity index (χ2v) is 9.35. The van der Waals surface area contributed by atoms with Crippen molar-refractivity contribution in [3.8, 4) is 0 Å². The van der Waals surface area contributed by atoms with Gasteiger partial charge in [0.05, 0.1) is 14.1 Å². The number of carbonyl (C=O) groups excluding carboxylic acids is 1. The molecule has 3 heterocycles. The van der Waals surface area contributed by atoms with Crippen molar-refractivity contribution < 1.29 is 41.4 Å². The van der Waals surface area contributed by atoms with Crippen LogP contribution in [0.4, 0.5) is 17.6 Å². The summed E-state index contributed by atoms with van der Waals surface area (Å²) in [5.74, 6) is -5.49. The Bertz CT molecular complexity index is 995. The lowest BCUT2D eigenvalue weighted by molar-refractivity contribution is -0.938. The summed E-state index contributed by atoms with van der Waals surface area (Å²) in [5.41, 5.74) is -3.86.